The fourth-order valence-electron chi connectivity index (χ4n) is 2.54. The summed E-state index contributed by atoms with van der Waals surface area (Å²) in [5.41, 5.74) is 6.51. The summed E-state index contributed by atoms with van der Waals surface area (Å²) in [6.45, 7) is 5.33. The summed E-state index contributed by atoms with van der Waals surface area (Å²) in [4.78, 5) is 10.6. The number of anilines is 1. The summed E-state index contributed by atoms with van der Waals surface area (Å²) in [5, 5.41) is 0.421. The summed E-state index contributed by atoms with van der Waals surface area (Å²) < 4.78 is 0. The molecule has 2 rings (SSSR count). The zero-order chi connectivity index (χ0) is 12.4. The van der Waals surface area contributed by atoms with Crippen molar-refractivity contribution in [2.45, 2.75) is 51.7 Å². The lowest BCUT2D eigenvalue weighted by atomic mass is 9.97. The lowest BCUT2D eigenvalue weighted by molar-refractivity contribution is 0.0938. The molecule has 1 aliphatic heterocycles. The number of hydrogen-bond donors (Lipinski definition) is 1. The molecule has 17 heavy (non-hydrogen) atoms. The minimum Gasteiger partial charge on any atom is -0.368 e. The van der Waals surface area contributed by atoms with Crippen molar-refractivity contribution in [1.29, 1.82) is 0 Å². The number of rotatable bonds is 2. The van der Waals surface area contributed by atoms with Gasteiger partial charge in [-0.3, -0.25) is 4.90 Å². The topological polar surface area (TPSA) is 55.0 Å². The van der Waals surface area contributed by atoms with E-state index in [0.29, 0.717) is 17.2 Å². The number of nitrogens with two attached hydrogens (primary N) is 1. The highest BCUT2D eigenvalue weighted by molar-refractivity contribution is 6.29. The zero-order valence-electron chi connectivity index (χ0n) is 10.4. The molecule has 5 heteroatoms. The Morgan fingerprint density at radius 1 is 1.35 bits per heavy atom. The largest absolute Gasteiger partial charge is 0.368 e. The molecule has 0 unspecified atom stereocenters. The van der Waals surface area contributed by atoms with Gasteiger partial charge in [0.2, 0.25) is 5.95 Å². The molecule has 0 amide bonds. The van der Waals surface area contributed by atoms with Crippen LogP contribution in [0.25, 0.3) is 0 Å². The van der Waals surface area contributed by atoms with E-state index in [1.165, 1.54) is 19.3 Å². The van der Waals surface area contributed by atoms with Gasteiger partial charge >= 0.3 is 0 Å². The smallest absolute Gasteiger partial charge is 0.221 e. The quantitative estimate of drug-likeness (QED) is 0.824. The molecule has 0 bridgehead atoms. The molecule has 0 aliphatic carbocycles. The summed E-state index contributed by atoms with van der Waals surface area (Å²) in [6, 6.07) is 2.98. The molecule has 0 spiro atoms. The van der Waals surface area contributed by atoms with Crippen LogP contribution in [-0.4, -0.2) is 27.0 Å². The fraction of sp³-hybridized carbons (Fsp3) is 0.667. The first-order valence-electron chi connectivity index (χ1n) is 6.11. The molecule has 1 saturated heterocycles. The van der Waals surface area contributed by atoms with Gasteiger partial charge in [-0.25, -0.2) is 9.97 Å². The molecule has 1 aromatic heterocycles. The molecule has 1 aliphatic rings. The average molecular weight is 255 g/mol. The van der Waals surface area contributed by atoms with Crippen molar-refractivity contribution in [3.05, 3.63) is 16.9 Å². The van der Waals surface area contributed by atoms with Gasteiger partial charge in [0.1, 0.15) is 5.15 Å². The van der Waals surface area contributed by atoms with Gasteiger partial charge < -0.3 is 5.73 Å². The van der Waals surface area contributed by atoms with Crippen LogP contribution in [0, 0.1) is 0 Å². The van der Waals surface area contributed by atoms with E-state index in [2.05, 4.69) is 28.7 Å². The van der Waals surface area contributed by atoms with E-state index in [4.69, 9.17) is 17.3 Å². The molecule has 0 saturated carbocycles. The van der Waals surface area contributed by atoms with Gasteiger partial charge in [0.25, 0.3) is 0 Å². The summed E-state index contributed by atoms with van der Waals surface area (Å²) in [5.74, 6) is 0.254. The van der Waals surface area contributed by atoms with Crippen LogP contribution in [-0.2, 0) is 6.54 Å². The first-order valence-corrected chi connectivity index (χ1v) is 6.48. The van der Waals surface area contributed by atoms with Crippen LogP contribution in [0.5, 0.6) is 0 Å². The molecule has 94 valence electrons. The van der Waals surface area contributed by atoms with Crippen LogP contribution >= 0.6 is 11.6 Å². The van der Waals surface area contributed by atoms with Gasteiger partial charge in [0, 0.05) is 18.6 Å². The van der Waals surface area contributed by atoms with Crippen LogP contribution in [0.1, 0.15) is 38.8 Å². The zero-order valence-corrected chi connectivity index (χ0v) is 11.1. The molecule has 0 radical (unpaired) electrons. The van der Waals surface area contributed by atoms with Gasteiger partial charge in [-0.1, -0.05) is 18.0 Å². The van der Waals surface area contributed by atoms with Gasteiger partial charge in [-0.15, -0.1) is 0 Å². The molecule has 2 atom stereocenters. The van der Waals surface area contributed by atoms with E-state index in [1.54, 1.807) is 6.07 Å². The molecule has 1 aromatic rings. The van der Waals surface area contributed by atoms with E-state index in [-0.39, 0.29) is 5.95 Å². The van der Waals surface area contributed by atoms with Gasteiger partial charge in [-0.2, -0.15) is 0 Å². The third-order valence-corrected chi connectivity index (χ3v) is 3.68. The Labute approximate surface area is 107 Å². The predicted molar refractivity (Wildman–Crippen MR) is 69.8 cm³/mol. The molecule has 0 aromatic carbocycles. The van der Waals surface area contributed by atoms with Crippen molar-refractivity contribution < 1.29 is 0 Å². The number of nitrogen functional groups attached to an aromatic ring is 1. The van der Waals surface area contributed by atoms with Gasteiger partial charge in [0.05, 0.1) is 5.69 Å². The van der Waals surface area contributed by atoms with Crippen LogP contribution in [0.2, 0.25) is 5.15 Å². The van der Waals surface area contributed by atoms with Gasteiger partial charge in [-0.05, 0) is 32.8 Å². The van der Waals surface area contributed by atoms with Crippen LogP contribution in [0.15, 0.2) is 6.07 Å². The second-order valence-electron chi connectivity index (χ2n) is 4.84. The Morgan fingerprint density at radius 3 is 2.59 bits per heavy atom. The fourth-order valence-corrected chi connectivity index (χ4v) is 2.75. The molecule has 1 fully saturated rings. The number of nitrogens with zero attached hydrogens (tertiary/aromatic N) is 3. The summed E-state index contributed by atoms with van der Waals surface area (Å²) in [7, 11) is 0. The predicted octanol–water partition coefficient (Wildman–Crippen LogP) is 2.48. The minimum absolute atomic E-state index is 0.254. The lowest BCUT2D eigenvalue weighted by Crippen LogP contribution is -2.43. The molecular formula is C12H19ClN4. The number of aromatic nitrogens is 2. The Balaban J connectivity index is 2.13. The van der Waals surface area contributed by atoms with Crippen molar-refractivity contribution >= 4 is 17.5 Å². The third kappa shape index (κ3) is 3.07. The molecule has 2 N–H and O–H groups in total. The maximum Gasteiger partial charge on any atom is 0.221 e. The van der Waals surface area contributed by atoms with Crippen LogP contribution < -0.4 is 5.73 Å². The third-order valence-electron chi connectivity index (χ3n) is 3.49. The maximum absolute atomic E-state index is 5.89. The van der Waals surface area contributed by atoms with E-state index in [1.807, 2.05) is 0 Å². The normalized spacial score (nSPS) is 26.1. The number of halogens is 1. The first-order chi connectivity index (χ1) is 8.06. The van der Waals surface area contributed by atoms with E-state index in [0.717, 1.165) is 12.2 Å². The summed E-state index contributed by atoms with van der Waals surface area (Å²) in [6.07, 6.45) is 3.81. The monoisotopic (exact) mass is 254 g/mol. The van der Waals surface area contributed by atoms with Crippen molar-refractivity contribution in [3.8, 4) is 0 Å². The standard InChI is InChI=1S/C12H19ClN4/c1-8-4-3-5-9(2)17(8)7-10-6-11(13)16-12(14)15-10/h6,8-9H,3-5,7H2,1-2H3,(H2,14,15,16)/t8-,9+. The molecule has 4 nitrogen and oxygen atoms in total. The highest BCUT2D eigenvalue weighted by Gasteiger charge is 2.25. The number of piperidine rings is 1. The highest BCUT2D eigenvalue weighted by Crippen LogP contribution is 2.24. The average Bonchev–Trinajstić information content (AvgIpc) is 2.22. The Morgan fingerprint density at radius 2 is 2.00 bits per heavy atom. The van der Waals surface area contributed by atoms with E-state index in [9.17, 15) is 0 Å². The van der Waals surface area contributed by atoms with Crippen molar-refractivity contribution in [2.24, 2.45) is 0 Å². The van der Waals surface area contributed by atoms with Crippen molar-refractivity contribution in [1.82, 2.24) is 14.9 Å². The second kappa shape index (κ2) is 5.19. The Kier molecular flexibility index (Phi) is 3.84. The second-order valence-corrected chi connectivity index (χ2v) is 5.23. The highest BCUT2D eigenvalue weighted by atomic mass is 35.5. The Hall–Kier alpha value is -0.870. The molecule has 2 heterocycles. The van der Waals surface area contributed by atoms with Crippen LogP contribution in [0.4, 0.5) is 5.95 Å². The maximum atomic E-state index is 5.89. The molecular weight excluding hydrogens is 236 g/mol. The first kappa shape index (κ1) is 12.6. The number of hydrogen-bond acceptors (Lipinski definition) is 4. The lowest BCUT2D eigenvalue weighted by Gasteiger charge is -2.38. The number of likely N-dealkylation sites (tertiary alicyclic amines) is 1. The van der Waals surface area contributed by atoms with Gasteiger partial charge in [0.15, 0.2) is 0 Å². The Bertz CT molecular complexity index is 366. The minimum atomic E-state index is 0.254. The SMILES string of the molecule is C[C@@H]1CCC[C@H](C)N1Cc1cc(Cl)nc(N)n1. The van der Waals surface area contributed by atoms with E-state index < -0.39 is 0 Å². The van der Waals surface area contributed by atoms with Crippen LogP contribution in [0.3, 0.4) is 0 Å². The van der Waals surface area contributed by atoms with Crippen molar-refractivity contribution in [2.75, 3.05) is 5.73 Å². The van der Waals surface area contributed by atoms with Crippen molar-refractivity contribution in [3.63, 3.8) is 0 Å². The summed E-state index contributed by atoms with van der Waals surface area (Å²) >= 11 is 5.89. The van der Waals surface area contributed by atoms with E-state index >= 15 is 0 Å².